The maximum absolute atomic E-state index is 11.8. The molecule has 1 saturated heterocycles. The van der Waals surface area contributed by atoms with Gasteiger partial charge in [0.05, 0.1) is 13.7 Å². The summed E-state index contributed by atoms with van der Waals surface area (Å²) in [5.74, 6) is 0.377. The van der Waals surface area contributed by atoms with E-state index in [1.165, 1.54) is 0 Å². The number of amides is 4. The standard InChI is InChI=1S/C15H19N3O4/c1-22-12-4-2-3-11(9-12)5-6-13(19)16-7-8-18-14(20)10-17-15(18)21/h2-4,9H,5-8,10H2,1H3,(H,16,19)(H,17,21). The number of nitrogens with zero attached hydrogens (tertiary/aromatic N) is 1. The number of aryl methyl sites for hydroxylation is 1. The Kier molecular flexibility index (Phi) is 5.35. The second kappa shape index (κ2) is 7.44. The van der Waals surface area contributed by atoms with E-state index in [4.69, 9.17) is 4.74 Å². The molecular weight excluding hydrogens is 286 g/mol. The number of ether oxygens (including phenoxy) is 1. The van der Waals surface area contributed by atoms with E-state index in [0.29, 0.717) is 12.8 Å². The average molecular weight is 305 g/mol. The number of urea groups is 1. The number of benzene rings is 1. The molecule has 0 radical (unpaired) electrons. The molecule has 0 atom stereocenters. The van der Waals surface area contributed by atoms with E-state index < -0.39 is 6.03 Å². The largest absolute Gasteiger partial charge is 0.497 e. The first-order valence-electron chi connectivity index (χ1n) is 7.08. The molecule has 2 N–H and O–H groups in total. The van der Waals surface area contributed by atoms with Crippen molar-refractivity contribution in [1.29, 1.82) is 0 Å². The van der Waals surface area contributed by atoms with Crippen molar-refractivity contribution in [3.63, 3.8) is 0 Å². The number of methoxy groups -OCH3 is 1. The molecule has 1 aromatic carbocycles. The van der Waals surface area contributed by atoms with Crippen LogP contribution in [0.1, 0.15) is 12.0 Å². The van der Waals surface area contributed by atoms with Gasteiger partial charge in [0, 0.05) is 19.5 Å². The van der Waals surface area contributed by atoms with Crippen LogP contribution in [0.25, 0.3) is 0 Å². The van der Waals surface area contributed by atoms with Gasteiger partial charge in [0.1, 0.15) is 5.75 Å². The van der Waals surface area contributed by atoms with E-state index in [9.17, 15) is 14.4 Å². The summed E-state index contributed by atoms with van der Waals surface area (Å²) in [6.45, 7) is 0.480. The Labute approximate surface area is 128 Å². The number of imide groups is 1. The lowest BCUT2D eigenvalue weighted by atomic mass is 10.1. The van der Waals surface area contributed by atoms with Gasteiger partial charge < -0.3 is 15.4 Å². The molecule has 0 bridgehead atoms. The third kappa shape index (κ3) is 4.21. The molecular formula is C15H19N3O4. The van der Waals surface area contributed by atoms with Gasteiger partial charge in [-0.3, -0.25) is 14.5 Å². The van der Waals surface area contributed by atoms with E-state index in [1.807, 2.05) is 24.3 Å². The smallest absolute Gasteiger partial charge is 0.324 e. The lowest BCUT2D eigenvalue weighted by Gasteiger charge is -2.12. The summed E-state index contributed by atoms with van der Waals surface area (Å²) in [5.41, 5.74) is 1.02. The summed E-state index contributed by atoms with van der Waals surface area (Å²) in [6, 6.07) is 7.14. The maximum atomic E-state index is 11.8. The second-order valence-electron chi connectivity index (χ2n) is 4.91. The van der Waals surface area contributed by atoms with Gasteiger partial charge in [0.15, 0.2) is 0 Å². The van der Waals surface area contributed by atoms with Crippen LogP contribution >= 0.6 is 0 Å². The summed E-state index contributed by atoms with van der Waals surface area (Å²) in [6.07, 6.45) is 0.944. The molecule has 0 aliphatic carbocycles. The van der Waals surface area contributed by atoms with Crippen LogP contribution in [0.2, 0.25) is 0 Å². The van der Waals surface area contributed by atoms with Crippen molar-refractivity contribution in [3.8, 4) is 5.75 Å². The van der Waals surface area contributed by atoms with E-state index in [0.717, 1.165) is 16.2 Å². The van der Waals surface area contributed by atoms with Gasteiger partial charge in [-0.15, -0.1) is 0 Å². The van der Waals surface area contributed by atoms with Crippen LogP contribution in [-0.4, -0.2) is 49.5 Å². The number of hydrogen-bond donors (Lipinski definition) is 2. The van der Waals surface area contributed by atoms with Crippen LogP contribution in [0.4, 0.5) is 4.79 Å². The molecule has 1 heterocycles. The van der Waals surface area contributed by atoms with Crippen LogP contribution in [0.15, 0.2) is 24.3 Å². The van der Waals surface area contributed by atoms with Crippen LogP contribution < -0.4 is 15.4 Å². The fraction of sp³-hybridized carbons (Fsp3) is 0.400. The third-order valence-corrected chi connectivity index (χ3v) is 3.37. The fourth-order valence-corrected chi connectivity index (χ4v) is 2.16. The Morgan fingerprint density at radius 3 is 2.91 bits per heavy atom. The minimum Gasteiger partial charge on any atom is -0.497 e. The maximum Gasteiger partial charge on any atom is 0.324 e. The third-order valence-electron chi connectivity index (χ3n) is 3.37. The molecule has 2 rings (SSSR count). The highest BCUT2D eigenvalue weighted by atomic mass is 16.5. The first-order valence-corrected chi connectivity index (χ1v) is 7.08. The molecule has 1 aromatic rings. The van der Waals surface area contributed by atoms with Crippen LogP contribution in [0, 0.1) is 0 Å². The van der Waals surface area contributed by atoms with E-state index >= 15 is 0 Å². The van der Waals surface area contributed by atoms with Crippen molar-refractivity contribution >= 4 is 17.8 Å². The quantitative estimate of drug-likeness (QED) is 0.709. The second-order valence-corrected chi connectivity index (χ2v) is 4.91. The molecule has 1 aliphatic rings. The molecule has 4 amide bonds. The van der Waals surface area contributed by atoms with Crippen molar-refractivity contribution in [2.45, 2.75) is 12.8 Å². The van der Waals surface area contributed by atoms with Gasteiger partial charge in [-0.1, -0.05) is 12.1 Å². The van der Waals surface area contributed by atoms with E-state index in [2.05, 4.69) is 10.6 Å². The SMILES string of the molecule is COc1cccc(CCC(=O)NCCN2C(=O)CNC2=O)c1. The minimum atomic E-state index is -0.407. The van der Waals surface area contributed by atoms with Crippen molar-refractivity contribution in [2.24, 2.45) is 0 Å². The predicted molar refractivity (Wildman–Crippen MR) is 79.4 cm³/mol. The fourth-order valence-electron chi connectivity index (χ4n) is 2.16. The molecule has 1 aliphatic heterocycles. The first-order chi connectivity index (χ1) is 10.6. The summed E-state index contributed by atoms with van der Waals surface area (Å²) in [5, 5.41) is 5.13. The molecule has 0 unspecified atom stereocenters. The lowest BCUT2D eigenvalue weighted by Crippen LogP contribution is -2.38. The predicted octanol–water partition coefficient (Wildman–Crippen LogP) is 0.296. The Bertz CT molecular complexity index is 558. The number of rotatable bonds is 7. The van der Waals surface area contributed by atoms with Gasteiger partial charge in [-0.2, -0.15) is 0 Å². The van der Waals surface area contributed by atoms with Crippen molar-refractivity contribution in [2.75, 3.05) is 26.7 Å². The topological polar surface area (TPSA) is 87.7 Å². The number of carbonyl (C=O) groups is 3. The Hall–Kier alpha value is -2.57. The molecule has 7 nitrogen and oxygen atoms in total. The molecule has 0 saturated carbocycles. The first kappa shape index (κ1) is 15.8. The van der Waals surface area contributed by atoms with Gasteiger partial charge >= 0.3 is 6.03 Å². The van der Waals surface area contributed by atoms with Gasteiger partial charge in [-0.05, 0) is 24.1 Å². The van der Waals surface area contributed by atoms with Crippen molar-refractivity contribution in [3.05, 3.63) is 29.8 Å². The summed E-state index contributed by atoms with van der Waals surface area (Å²) in [7, 11) is 1.60. The zero-order chi connectivity index (χ0) is 15.9. The van der Waals surface area contributed by atoms with E-state index in [-0.39, 0.29) is 31.4 Å². The number of carbonyl (C=O) groups excluding carboxylic acids is 3. The molecule has 0 spiro atoms. The highest BCUT2D eigenvalue weighted by Gasteiger charge is 2.27. The number of hydrogen-bond acceptors (Lipinski definition) is 4. The Morgan fingerprint density at radius 1 is 1.41 bits per heavy atom. The normalized spacial score (nSPS) is 14.0. The van der Waals surface area contributed by atoms with E-state index in [1.54, 1.807) is 7.11 Å². The van der Waals surface area contributed by atoms with Crippen molar-refractivity contribution < 1.29 is 19.1 Å². The monoisotopic (exact) mass is 305 g/mol. The summed E-state index contributed by atoms with van der Waals surface area (Å²) >= 11 is 0. The Balaban J connectivity index is 1.69. The summed E-state index contributed by atoms with van der Waals surface area (Å²) in [4.78, 5) is 35.5. The molecule has 118 valence electrons. The van der Waals surface area contributed by atoms with Gasteiger partial charge in [0.25, 0.3) is 0 Å². The van der Waals surface area contributed by atoms with Gasteiger partial charge in [-0.25, -0.2) is 4.79 Å². The lowest BCUT2D eigenvalue weighted by molar-refractivity contribution is -0.126. The van der Waals surface area contributed by atoms with Crippen molar-refractivity contribution in [1.82, 2.24) is 15.5 Å². The van der Waals surface area contributed by atoms with Crippen LogP contribution in [0.5, 0.6) is 5.75 Å². The number of nitrogens with one attached hydrogen (secondary N) is 2. The molecule has 1 fully saturated rings. The summed E-state index contributed by atoms with van der Waals surface area (Å²) < 4.78 is 5.13. The van der Waals surface area contributed by atoms with Gasteiger partial charge in [0.2, 0.25) is 11.8 Å². The highest BCUT2D eigenvalue weighted by Crippen LogP contribution is 2.13. The molecule has 7 heteroatoms. The zero-order valence-electron chi connectivity index (χ0n) is 12.4. The average Bonchev–Trinajstić information content (AvgIpc) is 2.85. The van der Waals surface area contributed by atoms with Crippen LogP contribution in [-0.2, 0) is 16.0 Å². The Morgan fingerprint density at radius 2 is 2.23 bits per heavy atom. The molecule has 0 aromatic heterocycles. The minimum absolute atomic E-state index is 0.0304. The highest BCUT2D eigenvalue weighted by molar-refractivity contribution is 6.01. The zero-order valence-corrected chi connectivity index (χ0v) is 12.4. The molecule has 22 heavy (non-hydrogen) atoms. The van der Waals surface area contributed by atoms with Crippen LogP contribution in [0.3, 0.4) is 0 Å².